The summed E-state index contributed by atoms with van der Waals surface area (Å²) in [6, 6.07) is 1.60. The molecule has 0 saturated carbocycles. The van der Waals surface area contributed by atoms with Crippen LogP contribution in [-0.2, 0) is 19.9 Å². The summed E-state index contributed by atoms with van der Waals surface area (Å²) in [5, 5.41) is 10.4. The van der Waals surface area contributed by atoms with E-state index in [1.54, 1.807) is 11.4 Å². The lowest BCUT2D eigenvalue weighted by Gasteiger charge is -2.21. The van der Waals surface area contributed by atoms with Crippen LogP contribution in [0.3, 0.4) is 0 Å². The van der Waals surface area contributed by atoms with E-state index in [0.717, 1.165) is 6.08 Å². The third-order valence-electron chi connectivity index (χ3n) is 2.38. The molecule has 0 bridgehead atoms. The highest BCUT2D eigenvalue weighted by molar-refractivity contribution is 7.14. The average molecular weight is 259 g/mol. The van der Waals surface area contributed by atoms with Gasteiger partial charge in [0, 0.05) is 11.6 Å². The molecular weight excluding hydrogens is 252 g/mol. The Morgan fingerprint density at radius 3 is 2.75 bits per heavy atom. The van der Waals surface area contributed by atoms with Gasteiger partial charge in [-0.3, -0.25) is 4.79 Å². The zero-order valence-corrected chi connectivity index (χ0v) is 9.76. The second-order valence-electron chi connectivity index (χ2n) is 3.45. The van der Waals surface area contributed by atoms with Gasteiger partial charge in [-0.2, -0.15) is 0 Å². The second kappa shape index (κ2) is 3.61. The van der Waals surface area contributed by atoms with E-state index in [1.165, 1.54) is 18.3 Å². The molecule has 0 saturated heterocycles. The topological polar surface area (TPSA) is 63.6 Å². The van der Waals surface area contributed by atoms with E-state index in [1.807, 2.05) is 0 Å². The molecule has 16 heavy (non-hydrogen) atoms. The lowest BCUT2D eigenvalue weighted by Crippen LogP contribution is -2.29. The summed E-state index contributed by atoms with van der Waals surface area (Å²) in [6.07, 6.45) is 0.994. The van der Waals surface area contributed by atoms with Crippen molar-refractivity contribution >= 4 is 34.7 Å². The van der Waals surface area contributed by atoms with Gasteiger partial charge in [0.2, 0.25) is 11.5 Å². The van der Waals surface area contributed by atoms with Gasteiger partial charge in [0.15, 0.2) is 5.60 Å². The van der Waals surface area contributed by atoms with Crippen LogP contribution in [0, 0.1) is 0 Å². The van der Waals surface area contributed by atoms with Crippen molar-refractivity contribution in [2.24, 2.45) is 0 Å². The van der Waals surface area contributed by atoms with Crippen LogP contribution >= 0.6 is 22.9 Å². The summed E-state index contributed by atoms with van der Waals surface area (Å²) in [7, 11) is 0. The fraction of sp³-hybridized carbons (Fsp3) is 0.200. The predicted octanol–water partition coefficient (Wildman–Crippen LogP) is 2.18. The Morgan fingerprint density at radius 2 is 2.31 bits per heavy atom. The first-order chi connectivity index (χ1) is 7.43. The molecule has 2 rings (SSSR count). The SMILES string of the molecule is CC1(c2csc(Cl)c2)OC(C(=O)O)=CC1=O. The number of carbonyl (C=O) groups excluding carboxylic acids is 1. The number of hydrogen-bond acceptors (Lipinski definition) is 4. The molecule has 1 N–H and O–H groups in total. The maximum Gasteiger partial charge on any atom is 0.371 e. The standard InChI is InChI=1S/C10H7ClO4S/c1-10(5-2-8(11)16-4-5)7(12)3-6(15-10)9(13)14/h2-4H,1H3,(H,13,14). The maximum atomic E-state index is 11.7. The first-order valence-electron chi connectivity index (χ1n) is 4.36. The molecular formula is C10H7ClO4S. The van der Waals surface area contributed by atoms with Crippen molar-refractivity contribution in [3.8, 4) is 0 Å². The minimum absolute atomic E-state index is 0.338. The van der Waals surface area contributed by atoms with Gasteiger partial charge < -0.3 is 9.84 Å². The van der Waals surface area contributed by atoms with Gasteiger partial charge in [0.25, 0.3) is 0 Å². The Hall–Kier alpha value is -1.33. The van der Waals surface area contributed by atoms with Crippen LogP contribution in [0.4, 0.5) is 0 Å². The highest BCUT2D eigenvalue weighted by Gasteiger charge is 2.44. The van der Waals surface area contributed by atoms with Crippen LogP contribution in [0.15, 0.2) is 23.3 Å². The van der Waals surface area contributed by atoms with Crippen molar-refractivity contribution in [3.63, 3.8) is 0 Å². The number of rotatable bonds is 2. The third-order valence-corrected chi connectivity index (χ3v) is 3.47. The lowest BCUT2D eigenvalue weighted by atomic mass is 9.95. The van der Waals surface area contributed by atoms with E-state index < -0.39 is 11.6 Å². The summed E-state index contributed by atoms with van der Waals surface area (Å²) in [5.41, 5.74) is -0.697. The molecule has 1 aliphatic rings. The highest BCUT2D eigenvalue weighted by atomic mass is 35.5. The summed E-state index contributed by atoms with van der Waals surface area (Å²) in [6.45, 7) is 1.53. The Labute approximate surface area is 100 Å². The van der Waals surface area contributed by atoms with E-state index in [2.05, 4.69) is 0 Å². The molecule has 0 aromatic carbocycles. The van der Waals surface area contributed by atoms with E-state index in [4.69, 9.17) is 21.4 Å². The molecule has 1 aromatic heterocycles. The zero-order chi connectivity index (χ0) is 11.9. The van der Waals surface area contributed by atoms with E-state index in [-0.39, 0.29) is 11.5 Å². The number of carbonyl (C=O) groups is 2. The van der Waals surface area contributed by atoms with Crippen molar-refractivity contribution < 1.29 is 19.4 Å². The number of halogens is 1. The fourth-order valence-electron chi connectivity index (χ4n) is 1.42. The Bertz CT molecular complexity index is 505. The van der Waals surface area contributed by atoms with Crippen LogP contribution in [0.2, 0.25) is 4.34 Å². The molecule has 84 valence electrons. The van der Waals surface area contributed by atoms with Crippen LogP contribution in [0.25, 0.3) is 0 Å². The molecule has 1 atom stereocenters. The average Bonchev–Trinajstić information content (AvgIpc) is 2.74. The fourth-order valence-corrected chi connectivity index (χ4v) is 2.40. The minimum Gasteiger partial charge on any atom is -0.475 e. The van der Waals surface area contributed by atoms with E-state index in [9.17, 15) is 9.59 Å². The number of hydrogen-bond donors (Lipinski definition) is 1. The second-order valence-corrected chi connectivity index (χ2v) is 5.00. The Kier molecular flexibility index (Phi) is 2.52. The molecule has 1 aliphatic heterocycles. The zero-order valence-electron chi connectivity index (χ0n) is 8.19. The van der Waals surface area contributed by atoms with Gasteiger partial charge in [0.05, 0.1) is 4.34 Å². The Balaban J connectivity index is 2.37. The van der Waals surface area contributed by atoms with Crippen LogP contribution < -0.4 is 0 Å². The molecule has 1 aromatic rings. The monoisotopic (exact) mass is 258 g/mol. The van der Waals surface area contributed by atoms with Crippen molar-refractivity contribution in [1.82, 2.24) is 0 Å². The van der Waals surface area contributed by atoms with Gasteiger partial charge >= 0.3 is 5.97 Å². The molecule has 0 radical (unpaired) electrons. The third kappa shape index (κ3) is 1.62. The lowest BCUT2D eigenvalue weighted by molar-refractivity contribution is -0.141. The summed E-state index contributed by atoms with van der Waals surface area (Å²) >= 11 is 7.03. The normalized spacial score (nSPS) is 24.1. The first-order valence-corrected chi connectivity index (χ1v) is 5.62. The van der Waals surface area contributed by atoms with Gasteiger partial charge in [-0.05, 0) is 18.4 Å². The minimum atomic E-state index is -1.27. The van der Waals surface area contributed by atoms with E-state index >= 15 is 0 Å². The van der Waals surface area contributed by atoms with Gasteiger partial charge in [-0.15, -0.1) is 11.3 Å². The predicted molar refractivity (Wildman–Crippen MR) is 58.5 cm³/mol. The number of carboxylic acid groups (broad SMARTS) is 1. The number of aliphatic carboxylic acids is 1. The van der Waals surface area contributed by atoms with Crippen molar-refractivity contribution in [2.75, 3.05) is 0 Å². The van der Waals surface area contributed by atoms with Crippen molar-refractivity contribution in [3.05, 3.63) is 33.2 Å². The molecule has 4 nitrogen and oxygen atoms in total. The summed E-state index contributed by atoms with van der Waals surface area (Å²) in [5.74, 6) is -1.98. The number of thiophene rings is 1. The molecule has 0 aliphatic carbocycles. The van der Waals surface area contributed by atoms with Crippen LogP contribution in [0.1, 0.15) is 12.5 Å². The van der Waals surface area contributed by atoms with Crippen LogP contribution in [0.5, 0.6) is 0 Å². The number of ketones is 1. The molecule has 6 heteroatoms. The first kappa shape index (κ1) is 11.2. The molecule has 2 heterocycles. The number of ether oxygens (including phenoxy) is 1. The van der Waals surface area contributed by atoms with Gasteiger partial charge in [-0.25, -0.2) is 4.79 Å². The molecule has 0 fully saturated rings. The Morgan fingerprint density at radius 1 is 1.62 bits per heavy atom. The van der Waals surface area contributed by atoms with Gasteiger partial charge in [-0.1, -0.05) is 11.6 Å². The van der Waals surface area contributed by atoms with E-state index in [0.29, 0.717) is 9.90 Å². The molecule has 1 unspecified atom stereocenters. The van der Waals surface area contributed by atoms with Crippen molar-refractivity contribution in [2.45, 2.75) is 12.5 Å². The van der Waals surface area contributed by atoms with Crippen molar-refractivity contribution in [1.29, 1.82) is 0 Å². The maximum absolute atomic E-state index is 11.7. The molecule has 0 spiro atoms. The quantitative estimate of drug-likeness (QED) is 0.883. The number of carboxylic acids is 1. The van der Waals surface area contributed by atoms with Crippen LogP contribution in [-0.4, -0.2) is 16.9 Å². The summed E-state index contributed by atoms with van der Waals surface area (Å²) < 4.78 is 5.71. The smallest absolute Gasteiger partial charge is 0.371 e. The largest absolute Gasteiger partial charge is 0.475 e. The summed E-state index contributed by atoms with van der Waals surface area (Å²) in [4.78, 5) is 22.4. The van der Waals surface area contributed by atoms with Gasteiger partial charge in [0.1, 0.15) is 0 Å². The highest BCUT2D eigenvalue weighted by Crippen LogP contribution is 2.38. The molecule has 0 amide bonds.